The Labute approximate surface area is 225 Å². The Morgan fingerprint density at radius 1 is 1.00 bits per heavy atom. The van der Waals surface area contributed by atoms with E-state index in [1.807, 2.05) is 12.1 Å². The van der Waals surface area contributed by atoms with Gasteiger partial charge in [0.25, 0.3) is 0 Å². The number of aryl methyl sites for hydroxylation is 1. The maximum Gasteiger partial charge on any atom is 0.231 e. The molecule has 198 valence electrons. The highest BCUT2D eigenvalue weighted by Crippen LogP contribution is 2.39. The lowest BCUT2D eigenvalue weighted by Gasteiger charge is -2.42. The first-order valence-corrected chi connectivity index (χ1v) is 14.4. The quantitative estimate of drug-likeness (QED) is 0.583. The summed E-state index contributed by atoms with van der Waals surface area (Å²) in [6.45, 7) is 8.05. The van der Waals surface area contributed by atoms with Crippen LogP contribution in [-0.4, -0.2) is 83.7 Å². The van der Waals surface area contributed by atoms with Crippen LogP contribution in [0, 0.1) is 0 Å². The summed E-state index contributed by atoms with van der Waals surface area (Å²) < 4.78 is 5.65. The second-order valence-corrected chi connectivity index (χ2v) is 11.6. The highest BCUT2D eigenvalue weighted by Gasteiger charge is 2.42. The number of ether oxygens (including phenoxy) is 1. The van der Waals surface area contributed by atoms with Gasteiger partial charge in [0, 0.05) is 67.8 Å². The molecule has 4 heterocycles. The Morgan fingerprint density at radius 3 is 2.51 bits per heavy atom. The monoisotopic (exact) mass is 523 g/mol. The summed E-state index contributed by atoms with van der Waals surface area (Å²) in [4.78, 5) is 30.6. The van der Waals surface area contributed by atoms with Gasteiger partial charge in [0.15, 0.2) is 0 Å². The van der Waals surface area contributed by atoms with Crippen molar-refractivity contribution in [1.82, 2.24) is 19.8 Å². The minimum absolute atomic E-state index is 0.169. The average molecular weight is 524 g/mol. The van der Waals surface area contributed by atoms with E-state index >= 15 is 0 Å². The van der Waals surface area contributed by atoms with Crippen LogP contribution >= 0.6 is 11.6 Å². The fraction of sp³-hybridized carbons (Fsp3) is 0.621. The molecule has 1 aliphatic carbocycles. The van der Waals surface area contributed by atoms with Crippen LogP contribution in [-0.2, 0) is 16.0 Å². The smallest absolute Gasteiger partial charge is 0.231 e. The molecule has 3 fully saturated rings. The molecule has 0 spiro atoms. The largest absolute Gasteiger partial charge is 0.381 e. The number of hydrogen-bond donors (Lipinski definition) is 0. The molecule has 3 saturated heterocycles. The van der Waals surface area contributed by atoms with Crippen LogP contribution in [0.15, 0.2) is 30.6 Å². The van der Waals surface area contributed by atoms with Gasteiger partial charge >= 0.3 is 0 Å². The molecule has 1 aromatic heterocycles. The van der Waals surface area contributed by atoms with E-state index in [0.717, 1.165) is 95.8 Å². The van der Waals surface area contributed by atoms with E-state index in [1.165, 1.54) is 11.3 Å². The number of likely N-dealkylation sites (tertiary alicyclic amines) is 1. The van der Waals surface area contributed by atoms with Crippen LogP contribution in [0.3, 0.4) is 0 Å². The molecule has 2 aromatic rings. The molecular formula is C29H38ClN5O2. The number of carbonyl (C=O) groups excluding carboxylic acids is 1. The Hall–Kier alpha value is -2.22. The fourth-order valence-electron chi connectivity index (χ4n) is 7.05. The summed E-state index contributed by atoms with van der Waals surface area (Å²) in [5.74, 6) is 1.67. The molecule has 0 bridgehead atoms. The van der Waals surface area contributed by atoms with Gasteiger partial charge in [0.1, 0.15) is 12.1 Å². The van der Waals surface area contributed by atoms with E-state index in [0.29, 0.717) is 17.0 Å². The number of rotatable bonds is 5. The fourth-order valence-corrected chi connectivity index (χ4v) is 7.18. The van der Waals surface area contributed by atoms with Crippen molar-refractivity contribution in [1.29, 1.82) is 0 Å². The van der Waals surface area contributed by atoms with E-state index in [-0.39, 0.29) is 17.9 Å². The lowest BCUT2D eigenvalue weighted by atomic mass is 9.87. The van der Waals surface area contributed by atoms with Gasteiger partial charge in [-0.15, -0.1) is 0 Å². The first-order chi connectivity index (χ1) is 18.1. The van der Waals surface area contributed by atoms with Gasteiger partial charge in [-0.05, 0) is 68.7 Å². The van der Waals surface area contributed by atoms with E-state index in [1.54, 1.807) is 6.33 Å². The molecule has 4 aliphatic rings. The second kappa shape index (κ2) is 10.9. The summed E-state index contributed by atoms with van der Waals surface area (Å²) in [6.07, 6.45) is 8.21. The van der Waals surface area contributed by atoms with Gasteiger partial charge in [0.05, 0.1) is 5.92 Å². The zero-order chi connectivity index (χ0) is 25.4. The second-order valence-electron chi connectivity index (χ2n) is 11.1. The Morgan fingerprint density at radius 2 is 1.76 bits per heavy atom. The Bertz CT molecular complexity index is 1100. The maximum absolute atomic E-state index is 14.3. The molecule has 1 aromatic carbocycles. The Balaban J connectivity index is 1.21. The highest BCUT2D eigenvalue weighted by atomic mass is 35.5. The van der Waals surface area contributed by atoms with Crippen molar-refractivity contribution < 1.29 is 9.53 Å². The molecule has 7 nitrogen and oxygen atoms in total. The number of piperazine rings is 1. The summed E-state index contributed by atoms with van der Waals surface area (Å²) in [5, 5.41) is 0.711. The molecular weight excluding hydrogens is 486 g/mol. The van der Waals surface area contributed by atoms with Gasteiger partial charge < -0.3 is 14.5 Å². The minimum Gasteiger partial charge on any atom is -0.381 e. The number of amides is 1. The number of carbonyl (C=O) groups is 1. The topological polar surface area (TPSA) is 61.8 Å². The van der Waals surface area contributed by atoms with E-state index in [2.05, 4.69) is 38.7 Å². The number of hydrogen-bond acceptors (Lipinski definition) is 6. The van der Waals surface area contributed by atoms with Gasteiger partial charge in [-0.3, -0.25) is 9.69 Å². The van der Waals surface area contributed by atoms with Crippen molar-refractivity contribution in [3.05, 3.63) is 52.4 Å². The van der Waals surface area contributed by atoms with Gasteiger partial charge in [-0.1, -0.05) is 30.7 Å². The van der Waals surface area contributed by atoms with Crippen molar-refractivity contribution in [2.45, 2.75) is 69.4 Å². The molecule has 3 aliphatic heterocycles. The third-order valence-corrected chi connectivity index (χ3v) is 9.28. The number of aromatic nitrogens is 2. The first kappa shape index (κ1) is 25.1. The SMILES string of the molecule is C[C@@H]1CCc2ncnc(N3CCN(C(=O)[C@@H](c4ccc(Cl)cc4)[C@@H]4CCCN4C4CCOCC4)CC3)c21. The summed E-state index contributed by atoms with van der Waals surface area (Å²) >= 11 is 6.24. The molecule has 0 saturated carbocycles. The van der Waals surface area contributed by atoms with Crippen molar-refractivity contribution in [2.75, 3.05) is 50.8 Å². The standard InChI is InChI=1S/C29H38ClN5O2/c1-20-4-9-24-26(20)28(32-19-31-24)33-13-15-34(16-14-33)29(36)27(21-5-7-22(30)8-6-21)25-3-2-12-35(25)23-10-17-37-18-11-23/h5-8,19-20,23,25,27H,2-4,9-18H2,1H3/t20-,25+,27+/m1/s1. The zero-order valence-corrected chi connectivity index (χ0v) is 22.6. The lowest BCUT2D eigenvalue weighted by Crippen LogP contribution is -2.54. The summed E-state index contributed by atoms with van der Waals surface area (Å²) in [6, 6.07) is 8.71. The minimum atomic E-state index is -0.169. The van der Waals surface area contributed by atoms with Crippen LogP contribution in [0.4, 0.5) is 5.82 Å². The molecule has 0 radical (unpaired) electrons. The Kier molecular flexibility index (Phi) is 7.37. The van der Waals surface area contributed by atoms with Gasteiger partial charge in [-0.2, -0.15) is 0 Å². The third-order valence-electron chi connectivity index (χ3n) is 9.03. The van der Waals surface area contributed by atoms with Crippen molar-refractivity contribution in [2.24, 2.45) is 0 Å². The first-order valence-electron chi connectivity index (χ1n) is 14.1. The molecule has 1 amide bonds. The van der Waals surface area contributed by atoms with Crippen LogP contribution in [0.25, 0.3) is 0 Å². The number of benzene rings is 1. The third kappa shape index (κ3) is 4.98. The lowest BCUT2D eigenvalue weighted by molar-refractivity contribution is -0.135. The molecule has 37 heavy (non-hydrogen) atoms. The number of fused-ring (bicyclic) bond motifs is 1. The predicted octanol–water partition coefficient (Wildman–Crippen LogP) is 4.26. The van der Waals surface area contributed by atoms with Crippen molar-refractivity contribution in [3.63, 3.8) is 0 Å². The molecule has 3 atom stereocenters. The highest BCUT2D eigenvalue weighted by molar-refractivity contribution is 6.30. The molecule has 0 N–H and O–H groups in total. The van der Waals surface area contributed by atoms with Crippen LogP contribution in [0.2, 0.25) is 5.02 Å². The van der Waals surface area contributed by atoms with Crippen LogP contribution < -0.4 is 4.90 Å². The van der Waals surface area contributed by atoms with Crippen LogP contribution in [0.1, 0.15) is 67.7 Å². The van der Waals surface area contributed by atoms with E-state index in [9.17, 15) is 4.79 Å². The number of anilines is 1. The van der Waals surface area contributed by atoms with Gasteiger partial charge in [-0.25, -0.2) is 9.97 Å². The molecule has 6 rings (SSSR count). The van der Waals surface area contributed by atoms with Gasteiger partial charge in [0.2, 0.25) is 5.91 Å². The summed E-state index contributed by atoms with van der Waals surface area (Å²) in [7, 11) is 0. The predicted molar refractivity (Wildman–Crippen MR) is 145 cm³/mol. The van der Waals surface area contributed by atoms with Crippen molar-refractivity contribution >= 4 is 23.3 Å². The molecule has 0 unspecified atom stereocenters. The normalized spacial score (nSPS) is 25.9. The zero-order valence-electron chi connectivity index (χ0n) is 21.8. The molecule has 8 heteroatoms. The van der Waals surface area contributed by atoms with E-state index in [4.69, 9.17) is 21.3 Å². The number of nitrogens with zero attached hydrogens (tertiary/aromatic N) is 5. The average Bonchev–Trinajstić information content (AvgIpc) is 3.58. The number of halogens is 1. The van der Waals surface area contributed by atoms with Crippen molar-refractivity contribution in [3.8, 4) is 0 Å². The van der Waals surface area contributed by atoms with E-state index < -0.39 is 0 Å². The van der Waals surface area contributed by atoms with Crippen LogP contribution in [0.5, 0.6) is 0 Å². The summed E-state index contributed by atoms with van der Waals surface area (Å²) in [5.41, 5.74) is 3.61. The maximum atomic E-state index is 14.3.